The number of amides is 2. The maximum atomic E-state index is 12.5. The molecule has 0 radical (unpaired) electrons. The quantitative estimate of drug-likeness (QED) is 0.742. The number of carbonyl (C=O) groups excluding carboxylic acids is 2. The number of nitrogens with one attached hydrogen (secondary N) is 2. The van der Waals surface area contributed by atoms with E-state index in [2.05, 4.69) is 10.6 Å². The highest BCUT2D eigenvalue weighted by Crippen LogP contribution is 2.20. The molecule has 2 aromatic rings. The van der Waals surface area contributed by atoms with Crippen LogP contribution >= 0.6 is 0 Å². The lowest BCUT2D eigenvalue weighted by Gasteiger charge is -2.20. The van der Waals surface area contributed by atoms with Crippen molar-refractivity contribution in [1.82, 2.24) is 10.6 Å². The molecular weight excluding hydrogens is 340 g/mol. The van der Waals surface area contributed by atoms with Gasteiger partial charge in [-0.25, -0.2) is 0 Å². The zero-order chi connectivity index (χ0) is 19.8. The molecule has 0 aliphatic heterocycles. The van der Waals surface area contributed by atoms with Crippen LogP contribution in [0.4, 0.5) is 0 Å². The molecule has 0 aliphatic carbocycles. The number of hydrogen-bond donors (Lipinski definition) is 2. The van der Waals surface area contributed by atoms with Crippen molar-refractivity contribution in [3.8, 4) is 5.75 Å². The van der Waals surface area contributed by atoms with E-state index in [1.54, 1.807) is 0 Å². The first-order chi connectivity index (χ1) is 12.8. The second kappa shape index (κ2) is 9.76. The van der Waals surface area contributed by atoms with Crippen molar-refractivity contribution < 1.29 is 14.3 Å². The fraction of sp³-hybridized carbons (Fsp3) is 0.364. The Morgan fingerprint density at radius 3 is 2.07 bits per heavy atom. The van der Waals surface area contributed by atoms with Gasteiger partial charge in [-0.3, -0.25) is 9.59 Å². The number of rotatable bonds is 8. The van der Waals surface area contributed by atoms with E-state index in [1.165, 1.54) is 6.92 Å². The molecule has 5 heteroatoms. The van der Waals surface area contributed by atoms with Crippen LogP contribution in [0, 0.1) is 0 Å². The van der Waals surface area contributed by atoms with Gasteiger partial charge in [0, 0.05) is 6.92 Å². The number of carbonyl (C=O) groups is 2. The van der Waals surface area contributed by atoms with E-state index in [0.29, 0.717) is 0 Å². The third kappa shape index (κ3) is 6.77. The molecule has 5 nitrogen and oxygen atoms in total. The number of hydrogen-bond acceptors (Lipinski definition) is 3. The summed E-state index contributed by atoms with van der Waals surface area (Å²) >= 11 is 0. The smallest absolute Gasteiger partial charge is 0.222 e. The van der Waals surface area contributed by atoms with Crippen LogP contribution in [0.5, 0.6) is 5.75 Å². The molecular formula is C22H28N2O3. The molecule has 0 fully saturated rings. The van der Waals surface area contributed by atoms with Gasteiger partial charge in [-0.2, -0.15) is 0 Å². The fourth-order valence-corrected chi connectivity index (χ4v) is 2.86. The lowest BCUT2D eigenvalue weighted by Crippen LogP contribution is -2.33. The highest BCUT2D eigenvalue weighted by atomic mass is 16.5. The summed E-state index contributed by atoms with van der Waals surface area (Å²) < 4.78 is 5.64. The lowest BCUT2D eigenvalue weighted by molar-refractivity contribution is -0.123. The molecule has 0 aliphatic rings. The number of ether oxygens (including phenoxy) is 1. The van der Waals surface area contributed by atoms with Gasteiger partial charge in [0.1, 0.15) is 5.75 Å². The summed E-state index contributed by atoms with van der Waals surface area (Å²) in [6, 6.07) is 16.7. The summed E-state index contributed by atoms with van der Waals surface area (Å²) in [5.74, 6) is 0.528. The molecule has 2 N–H and O–H groups in total. The second-order valence-corrected chi connectivity index (χ2v) is 6.89. The van der Waals surface area contributed by atoms with E-state index < -0.39 is 0 Å². The van der Waals surface area contributed by atoms with Gasteiger partial charge >= 0.3 is 0 Å². The minimum atomic E-state index is -0.349. The van der Waals surface area contributed by atoms with Gasteiger partial charge in [0.15, 0.2) is 0 Å². The fourth-order valence-electron chi connectivity index (χ4n) is 2.86. The van der Waals surface area contributed by atoms with Crippen molar-refractivity contribution in [2.45, 2.75) is 52.3 Å². The van der Waals surface area contributed by atoms with Gasteiger partial charge in [0.2, 0.25) is 11.8 Å². The van der Waals surface area contributed by atoms with Crippen molar-refractivity contribution in [2.24, 2.45) is 0 Å². The Hall–Kier alpha value is -2.82. The molecule has 144 valence electrons. The van der Waals surface area contributed by atoms with Crippen molar-refractivity contribution in [3.63, 3.8) is 0 Å². The average Bonchev–Trinajstić information content (AvgIpc) is 2.61. The largest absolute Gasteiger partial charge is 0.491 e. The highest BCUT2D eigenvalue weighted by Gasteiger charge is 2.18. The van der Waals surface area contributed by atoms with Crippen LogP contribution < -0.4 is 15.4 Å². The van der Waals surface area contributed by atoms with Crippen LogP contribution in [-0.2, 0) is 9.59 Å². The zero-order valence-corrected chi connectivity index (χ0v) is 16.4. The minimum Gasteiger partial charge on any atom is -0.491 e. The Kier molecular flexibility index (Phi) is 7.41. The van der Waals surface area contributed by atoms with Crippen molar-refractivity contribution >= 4 is 11.8 Å². The third-order valence-corrected chi connectivity index (χ3v) is 4.10. The van der Waals surface area contributed by atoms with Gasteiger partial charge in [-0.15, -0.1) is 0 Å². The Balaban J connectivity index is 1.98. The summed E-state index contributed by atoms with van der Waals surface area (Å²) in [7, 11) is 0. The summed E-state index contributed by atoms with van der Waals surface area (Å²) in [6.07, 6.45) is 0.305. The van der Waals surface area contributed by atoms with E-state index >= 15 is 0 Å². The Morgan fingerprint density at radius 1 is 0.889 bits per heavy atom. The highest BCUT2D eigenvalue weighted by molar-refractivity contribution is 5.79. The predicted octanol–water partition coefficient (Wildman–Crippen LogP) is 3.92. The van der Waals surface area contributed by atoms with Crippen LogP contribution in [0.3, 0.4) is 0 Å². The molecule has 0 saturated carbocycles. The molecule has 0 spiro atoms. The number of benzene rings is 2. The van der Waals surface area contributed by atoms with Crippen molar-refractivity contribution in [3.05, 3.63) is 65.7 Å². The van der Waals surface area contributed by atoms with E-state index in [1.807, 2.05) is 75.4 Å². The Labute approximate surface area is 161 Å². The summed E-state index contributed by atoms with van der Waals surface area (Å²) in [5, 5.41) is 5.85. The zero-order valence-electron chi connectivity index (χ0n) is 16.4. The van der Waals surface area contributed by atoms with E-state index in [4.69, 9.17) is 4.74 Å². The van der Waals surface area contributed by atoms with Crippen LogP contribution in [0.2, 0.25) is 0 Å². The molecule has 0 aromatic heterocycles. The monoisotopic (exact) mass is 368 g/mol. The first kappa shape index (κ1) is 20.5. The van der Waals surface area contributed by atoms with E-state index in [-0.39, 0.29) is 36.4 Å². The first-order valence-corrected chi connectivity index (χ1v) is 9.23. The van der Waals surface area contributed by atoms with Gasteiger partial charge in [-0.05, 0) is 44.0 Å². The van der Waals surface area contributed by atoms with Gasteiger partial charge < -0.3 is 15.4 Å². The lowest BCUT2D eigenvalue weighted by atomic mass is 10.0. The summed E-state index contributed by atoms with van der Waals surface area (Å²) in [4.78, 5) is 24.0. The van der Waals surface area contributed by atoms with E-state index in [0.717, 1.165) is 16.9 Å². The normalized spacial score (nSPS) is 12.9. The summed E-state index contributed by atoms with van der Waals surface area (Å²) in [6.45, 7) is 7.35. The second-order valence-electron chi connectivity index (χ2n) is 6.89. The molecule has 2 aromatic carbocycles. The van der Waals surface area contributed by atoms with Crippen LogP contribution in [0.15, 0.2) is 54.6 Å². The summed E-state index contributed by atoms with van der Waals surface area (Å²) in [5.41, 5.74) is 1.90. The molecule has 2 atom stereocenters. The van der Waals surface area contributed by atoms with Crippen molar-refractivity contribution in [2.75, 3.05) is 0 Å². The standard InChI is InChI=1S/C22H28N2O3/c1-15(2)27-20-12-10-18(11-13-20)16(3)23-22(26)14-21(24-17(4)25)19-8-6-5-7-9-19/h5-13,15-16,21H,14H2,1-4H3,(H,23,26)(H,24,25). The first-order valence-electron chi connectivity index (χ1n) is 9.23. The molecule has 27 heavy (non-hydrogen) atoms. The third-order valence-electron chi connectivity index (χ3n) is 4.10. The minimum absolute atomic E-state index is 0.118. The molecule has 0 heterocycles. The van der Waals surface area contributed by atoms with Crippen LogP contribution in [0.25, 0.3) is 0 Å². The SMILES string of the molecule is CC(=O)NC(CC(=O)NC(C)c1ccc(OC(C)C)cc1)c1ccccc1. The molecule has 0 saturated heterocycles. The Morgan fingerprint density at radius 2 is 1.52 bits per heavy atom. The maximum absolute atomic E-state index is 12.5. The van der Waals surface area contributed by atoms with E-state index in [9.17, 15) is 9.59 Å². The molecule has 0 bridgehead atoms. The van der Waals surface area contributed by atoms with Gasteiger partial charge in [0.05, 0.1) is 24.6 Å². The van der Waals surface area contributed by atoms with Crippen molar-refractivity contribution in [1.29, 1.82) is 0 Å². The molecule has 2 amide bonds. The van der Waals surface area contributed by atoms with Crippen LogP contribution in [0.1, 0.15) is 57.3 Å². The topological polar surface area (TPSA) is 67.4 Å². The predicted molar refractivity (Wildman–Crippen MR) is 106 cm³/mol. The van der Waals surface area contributed by atoms with Gasteiger partial charge in [0.25, 0.3) is 0 Å². The maximum Gasteiger partial charge on any atom is 0.222 e. The Bertz CT molecular complexity index is 742. The van der Waals surface area contributed by atoms with Gasteiger partial charge in [-0.1, -0.05) is 42.5 Å². The molecule has 2 unspecified atom stereocenters. The van der Waals surface area contributed by atoms with Crippen LogP contribution in [-0.4, -0.2) is 17.9 Å². The molecule has 2 rings (SSSR count). The average molecular weight is 368 g/mol.